The molecule has 0 bridgehead atoms. The lowest BCUT2D eigenvalue weighted by molar-refractivity contribution is 0.193. The van der Waals surface area contributed by atoms with Crippen LogP contribution in [0.15, 0.2) is 18.2 Å². The monoisotopic (exact) mass is 256 g/mol. The highest BCUT2D eigenvalue weighted by molar-refractivity contribution is 7.86. The molecule has 2 rings (SSSR count). The van der Waals surface area contributed by atoms with Crippen LogP contribution in [0, 0.1) is 0 Å². The normalized spacial score (nSPS) is 19.8. The van der Waals surface area contributed by atoms with Gasteiger partial charge in [0.1, 0.15) is 5.75 Å². The smallest absolute Gasteiger partial charge is 0.264 e. The van der Waals surface area contributed by atoms with Crippen LogP contribution in [0.5, 0.6) is 5.75 Å². The van der Waals surface area contributed by atoms with Gasteiger partial charge in [0, 0.05) is 6.42 Å². The van der Waals surface area contributed by atoms with E-state index in [4.69, 9.17) is 8.92 Å². The van der Waals surface area contributed by atoms with Gasteiger partial charge in [-0.2, -0.15) is 8.42 Å². The predicted octanol–water partition coefficient (Wildman–Crippen LogP) is 1.53. The Balaban J connectivity index is 2.20. The summed E-state index contributed by atoms with van der Waals surface area (Å²) in [6.45, 7) is 0. The fourth-order valence-electron chi connectivity index (χ4n) is 2.26. The van der Waals surface area contributed by atoms with Crippen molar-refractivity contribution in [3.05, 3.63) is 29.3 Å². The minimum atomic E-state index is -3.37. The summed E-state index contributed by atoms with van der Waals surface area (Å²) in [5, 5.41) is 0. The lowest BCUT2D eigenvalue weighted by Gasteiger charge is -2.25. The zero-order valence-electron chi connectivity index (χ0n) is 9.97. The molecule has 0 radical (unpaired) electrons. The standard InChI is InChI=1S/C12H16O4S/c1-15-12-5-3-4-9-8-10(6-7-11(9)12)16-17(2,13)14/h3-5,10H,6-8H2,1-2H3/t10-/m1/s1. The quantitative estimate of drug-likeness (QED) is 0.770. The summed E-state index contributed by atoms with van der Waals surface area (Å²) in [5.74, 6) is 0.875. The van der Waals surface area contributed by atoms with Crippen molar-refractivity contribution in [1.29, 1.82) is 0 Å². The van der Waals surface area contributed by atoms with Crippen molar-refractivity contribution in [1.82, 2.24) is 0 Å². The zero-order chi connectivity index (χ0) is 12.5. The maximum absolute atomic E-state index is 11.1. The SMILES string of the molecule is COc1cccc2c1CC[C@@H](OS(C)(=O)=O)C2. The number of benzene rings is 1. The number of hydrogen-bond donors (Lipinski definition) is 0. The molecule has 1 aromatic carbocycles. The molecule has 1 aromatic rings. The van der Waals surface area contributed by atoms with E-state index in [1.807, 2.05) is 18.2 Å². The Kier molecular flexibility index (Phi) is 3.40. The van der Waals surface area contributed by atoms with Crippen LogP contribution in [0.2, 0.25) is 0 Å². The molecule has 0 amide bonds. The molecule has 1 aliphatic carbocycles. The largest absolute Gasteiger partial charge is 0.496 e. The van der Waals surface area contributed by atoms with Gasteiger partial charge in [0.2, 0.25) is 0 Å². The summed E-state index contributed by atoms with van der Waals surface area (Å²) in [6, 6.07) is 5.84. The van der Waals surface area contributed by atoms with Gasteiger partial charge >= 0.3 is 0 Å². The zero-order valence-corrected chi connectivity index (χ0v) is 10.8. The highest BCUT2D eigenvalue weighted by atomic mass is 32.2. The predicted molar refractivity (Wildman–Crippen MR) is 64.7 cm³/mol. The summed E-state index contributed by atoms with van der Waals surface area (Å²) in [6.07, 6.45) is 2.97. The van der Waals surface area contributed by atoms with Crippen molar-refractivity contribution in [2.75, 3.05) is 13.4 Å². The Bertz CT molecular complexity index is 507. The van der Waals surface area contributed by atoms with E-state index in [-0.39, 0.29) is 6.10 Å². The highest BCUT2D eigenvalue weighted by Crippen LogP contribution is 2.30. The molecule has 0 spiro atoms. The van der Waals surface area contributed by atoms with E-state index < -0.39 is 10.1 Å². The molecule has 1 aliphatic rings. The highest BCUT2D eigenvalue weighted by Gasteiger charge is 2.24. The summed E-state index contributed by atoms with van der Waals surface area (Å²) < 4.78 is 32.5. The molecule has 94 valence electrons. The van der Waals surface area contributed by atoms with Gasteiger partial charge in [-0.1, -0.05) is 12.1 Å². The summed E-state index contributed by atoms with van der Waals surface area (Å²) >= 11 is 0. The molecule has 1 atom stereocenters. The Morgan fingerprint density at radius 1 is 1.35 bits per heavy atom. The van der Waals surface area contributed by atoms with E-state index >= 15 is 0 Å². The first-order chi connectivity index (χ1) is 7.99. The Morgan fingerprint density at radius 2 is 2.12 bits per heavy atom. The fraction of sp³-hybridized carbons (Fsp3) is 0.500. The summed E-state index contributed by atoms with van der Waals surface area (Å²) in [5.41, 5.74) is 2.28. The van der Waals surface area contributed by atoms with Crippen LogP contribution in [0.1, 0.15) is 17.5 Å². The number of rotatable bonds is 3. The molecular weight excluding hydrogens is 240 g/mol. The number of methoxy groups -OCH3 is 1. The van der Waals surface area contributed by atoms with Crippen LogP contribution in [-0.4, -0.2) is 27.9 Å². The minimum absolute atomic E-state index is 0.246. The molecule has 0 aliphatic heterocycles. The molecule has 0 saturated carbocycles. The number of fused-ring (bicyclic) bond motifs is 1. The number of ether oxygens (including phenoxy) is 1. The fourth-order valence-corrected chi connectivity index (χ4v) is 2.92. The van der Waals surface area contributed by atoms with Crippen LogP contribution in [0.4, 0.5) is 0 Å². The van der Waals surface area contributed by atoms with Gasteiger partial charge in [-0.3, -0.25) is 4.18 Å². The minimum Gasteiger partial charge on any atom is -0.496 e. The van der Waals surface area contributed by atoms with Gasteiger partial charge in [-0.25, -0.2) is 0 Å². The molecule has 0 saturated heterocycles. The van der Waals surface area contributed by atoms with Crippen molar-refractivity contribution < 1.29 is 17.3 Å². The van der Waals surface area contributed by atoms with Crippen molar-refractivity contribution in [3.63, 3.8) is 0 Å². The van der Waals surface area contributed by atoms with Gasteiger partial charge < -0.3 is 4.74 Å². The van der Waals surface area contributed by atoms with Crippen LogP contribution >= 0.6 is 0 Å². The van der Waals surface area contributed by atoms with E-state index in [1.165, 1.54) is 5.56 Å². The first-order valence-corrected chi connectivity index (χ1v) is 7.34. The van der Waals surface area contributed by atoms with E-state index in [9.17, 15) is 8.42 Å². The van der Waals surface area contributed by atoms with Crippen molar-refractivity contribution in [2.24, 2.45) is 0 Å². The molecule has 0 aromatic heterocycles. The Morgan fingerprint density at radius 3 is 2.76 bits per heavy atom. The molecule has 0 N–H and O–H groups in total. The van der Waals surface area contributed by atoms with Gasteiger partial charge in [-0.15, -0.1) is 0 Å². The lowest BCUT2D eigenvalue weighted by Crippen LogP contribution is -2.25. The molecule has 4 nitrogen and oxygen atoms in total. The van der Waals surface area contributed by atoms with E-state index in [2.05, 4.69) is 0 Å². The molecule has 5 heteroatoms. The summed E-state index contributed by atoms with van der Waals surface area (Å²) in [4.78, 5) is 0. The topological polar surface area (TPSA) is 52.6 Å². The molecule has 0 heterocycles. The molecule has 0 fully saturated rings. The number of hydrogen-bond acceptors (Lipinski definition) is 4. The first-order valence-electron chi connectivity index (χ1n) is 5.52. The van der Waals surface area contributed by atoms with Gasteiger partial charge in [0.05, 0.1) is 19.5 Å². The van der Waals surface area contributed by atoms with Crippen LogP contribution in [-0.2, 0) is 27.1 Å². The third kappa shape index (κ3) is 2.98. The Labute approximate surface area is 102 Å². The van der Waals surface area contributed by atoms with Crippen molar-refractivity contribution >= 4 is 10.1 Å². The maximum Gasteiger partial charge on any atom is 0.264 e. The second-order valence-electron chi connectivity index (χ2n) is 4.26. The summed E-state index contributed by atoms with van der Waals surface area (Å²) in [7, 11) is -1.73. The molecular formula is C12H16O4S. The van der Waals surface area contributed by atoms with Crippen LogP contribution in [0.25, 0.3) is 0 Å². The van der Waals surface area contributed by atoms with Crippen molar-refractivity contribution in [3.8, 4) is 5.75 Å². The van der Waals surface area contributed by atoms with E-state index in [0.29, 0.717) is 12.8 Å². The maximum atomic E-state index is 11.1. The average molecular weight is 256 g/mol. The second-order valence-corrected chi connectivity index (χ2v) is 5.86. The van der Waals surface area contributed by atoms with Crippen LogP contribution < -0.4 is 4.74 Å². The lowest BCUT2D eigenvalue weighted by atomic mass is 9.89. The third-order valence-electron chi connectivity index (χ3n) is 2.92. The van der Waals surface area contributed by atoms with Gasteiger partial charge in [0.15, 0.2) is 0 Å². The van der Waals surface area contributed by atoms with Crippen molar-refractivity contribution in [2.45, 2.75) is 25.4 Å². The van der Waals surface area contributed by atoms with Crippen LogP contribution in [0.3, 0.4) is 0 Å². The second kappa shape index (κ2) is 4.66. The van der Waals surface area contributed by atoms with Gasteiger partial charge in [0.25, 0.3) is 10.1 Å². The van der Waals surface area contributed by atoms with E-state index in [1.54, 1.807) is 7.11 Å². The third-order valence-corrected chi connectivity index (χ3v) is 3.55. The van der Waals surface area contributed by atoms with E-state index in [0.717, 1.165) is 24.0 Å². The molecule has 17 heavy (non-hydrogen) atoms. The first kappa shape index (κ1) is 12.4. The Hall–Kier alpha value is -1.07. The average Bonchev–Trinajstić information content (AvgIpc) is 2.25. The molecule has 0 unspecified atom stereocenters. The van der Waals surface area contributed by atoms with Gasteiger partial charge in [-0.05, 0) is 30.0 Å².